The van der Waals surface area contributed by atoms with E-state index in [0.717, 1.165) is 31.0 Å². The highest BCUT2D eigenvalue weighted by molar-refractivity contribution is 5.54. The fourth-order valence-corrected chi connectivity index (χ4v) is 5.11. The molecule has 1 aromatic heterocycles. The molecule has 1 aliphatic rings. The van der Waals surface area contributed by atoms with E-state index >= 15 is 0 Å². The zero-order valence-corrected chi connectivity index (χ0v) is 23.0. The second-order valence-corrected chi connectivity index (χ2v) is 10.5. The third kappa shape index (κ3) is 9.62. The summed E-state index contributed by atoms with van der Waals surface area (Å²) in [5, 5.41) is 29.6. The Kier molecular flexibility index (Phi) is 12.3. The minimum absolute atomic E-state index is 0.222. The highest BCUT2D eigenvalue weighted by atomic mass is 16.3. The summed E-state index contributed by atoms with van der Waals surface area (Å²) < 4.78 is 0. The number of phenols is 1. The van der Waals surface area contributed by atoms with Gasteiger partial charge in [0.15, 0.2) is 0 Å². The summed E-state index contributed by atoms with van der Waals surface area (Å²) in [6, 6.07) is 9.72. The average Bonchev–Trinajstić information content (AvgIpc) is 2.93. The molecule has 206 valence electrons. The standard InChI is InChI=1S/C30H45N7O/c1-3-7-24(9-6-16-33-19-23-11-13-27(32)14-12-23)22(2)15-17-34-29-26(18-31)21-36-30(37-29)35-20-25-8-4-5-10-28(25)38/h4-5,8,10,15,21,23-24,27,33,38H,3,6-7,9,11-14,16-17,19-20,32H2,1-2H3,(H2,34,35,36,37)/b22-15+. The number of aromatic nitrogens is 2. The van der Waals surface area contributed by atoms with Crippen molar-refractivity contribution in [3.8, 4) is 11.8 Å². The lowest BCUT2D eigenvalue weighted by Crippen LogP contribution is -2.32. The highest BCUT2D eigenvalue weighted by Gasteiger charge is 2.18. The van der Waals surface area contributed by atoms with Crippen LogP contribution in [0.1, 0.15) is 76.3 Å². The van der Waals surface area contributed by atoms with Gasteiger partial charge >= 0.3 is 0 Å². The van der Waals surface area contributed by atoms with Gasteiger partial charge in [-0.1, -0.05) is 43.2 Å². The molecular formula is C30H45N7O. The molecule has 0 amide bonds. The summed E-state index contributed by atoms with van der Waals surface area (Å²) in [5.74, 6) is 2.48. The van der Waals surface area contributed by atoms with Gasteiger partial charge in [0.25, 0.3) is 0 Å². The Hall–Kier alpha value is -3.15. The summed E-state index contributed by atoms with van der Waals surface area (Å²) in [7, 11) is 0. The first-order chi connectivity index (χ1) is 18.5. The van der Waals surface area contributed by atoms with E-state index in [9.17, 15) is 10.4 Å². The van der Waals surface area contributed by atoms with E-state index in [4.69, 9.17) is 5.73 Å². The van der Waals surface area contributed by atoms with E-state index < -0.39 is 0 Å². The third-order valence-corrected chi connectivity index (χ3v) is 7.54. The van der Waals surface area contributed by atoms with E-state index in [-0.39, 0.29) is 5.75 Å². The Morgan fingerprint density at radius 2 is 2.00 bits per heavy atom. The molecule has 3 rings (SSSR count). The van der Waals surface area contributed by atoms with Gasteiger partial charge in [-0.25, -0.2) is 4.98 Å². The van der Waals surface area contributed by atoms with Crippen LogP contribution in [0.5, 0.6) is 5.75 Å². The number of nitrogens with one attached hydrogen (secondary N) is 3. The predicted octanol–water partition coefficient (Wildman–Crippen LogP) is 5.33. The maximum absolute atomic E-state index is 9.97. The normalized spacial score (nSPS) is 18.5. The number of benzene rings is 1. The van der Waals surface area contributed by atoms with Crippen molar-refractivity contribution in [2.75, 3.05) is 30.3 Å². The number of anilines is 2. The van der Waals surface area contributed by atoms with Crippen molar-refractivity contribution in [3.05, 3.63) is 53.2 Å². The van der Waals surface area contributed by atoms with E-state index in [1.165, 1.54) is 56.7 Å². The predicted molar refractivity (Wildman–Crippen MR) is 155 cm³/mol. The average molecular weight is 520 g/mol. The third-order valence-electron chi connectivity index (χ3n) is 7.54. The van der Waals surface area contributed by atoms with Crippen molar-refractivity contribution in [3.63, 3.8) is 0 Å². The van der Waals surface area contributed by atoms with Crippen LogP contribution in [0.2, 0.25) is 0 Å². The number of allylic oxidation sites excluding steroid dienone is 1. The topological polar surface area (TPSA) is 132 Å². The molecule has 2 aromatic rings. The van der Waals surface area contributed by atoms with E-state index in [0.29, 0.717) is 42.4 Å². The van der Waals surface area contributed by atoms with E-state index in [2.05, 4.69) is 51.9 Å². The van der Waals surface area contributed by atoms with Gasteiger partial charge in [-0.05, 0) is 82.9 Å². The Bertz CT molecular complexity index is 1060. The fraction of sp³-hybridized carbons (Fsp3) is 0.567. The molecule has 0 bridgehead atoms. The number of nitrogens with two attached hydrogens (primary N) is 1. The van der Waals surface area contributed by atoms with Crippen LogP contribution < -0.4 is 21.7 Å². The molecule has 1 unspecified atom stereocenters. The summed E-state index contributed by atoms with van der Waals surface area (Å²) in [6.45, 7) is 7.63. The first kappa shape index (κ1) is 29.4. The van der Waals surface area contributed by atoms with Crippen molar-refractivity contribution in [2.24, 2.45) is 17.6 Å². The Labute approximate surface area is 228 Å². The fourth-order valence-electron chi connectivity index (χ4n) is 5.11. The highest BCUT2D eigenvalue weighted by Crippen LogP contribution is 2.24. The maximum atomic E-state index is 9.97. The molecule has 6 N–H and O–H groups in total. The molecule has 8 heteroatoms. The van der Waals surface area contributed by atoms with E-state index in [1.54, 1.807) is 12.1 Å². The quantitative estimate of drug-likeness (QED) is 0.158. The van der Waals surface area contributed by atoms with Crippen LogP contribution in [0, 0.1) is 23.2 Å². The number of phenolic OH excluding ortho intramolecular Hbond substituents is 1. The number of aromatic hydroxyl groups is 1. The van der Waals surface area contributed by atoms with Gasteiger partial charge in [0.1, 0.15) is 23.2 Å². The number of nitrogens with zero attached hydrogens (tertiary/aromatic N) is 3. The lowest BCUT2D eigenvalue weighted by molar-refractivity contribution is 0.313. The van der Waals surface area contributed by atoms with E-state index in [1.807, 2.05) is 12.1 Å². The molecule has 1 atom stereocenters. The second-order valence-electron chi connectivity index (χ2n) is 10.5. The smallest absolute Gasteiger partial charge is 0.224 e. The Morgan fingerprint density at radius 3 is 2.74 bits per heavy atom. The number of para-hydroxylation sites is 1. The first-order valence-electron chi connectivity index (χ1n) is 14.1. The minimum atomic E-state index is 0.222. The lowest BCUT2D eigenvalue weighted by Gasteiger charge is -2.26. The molecule has 1 saturated carbocycles. The van der Waals surface area contributed by atoms with Crippen LogP contribution >= 0.6 is 0 Å². The van der Waals surface area contributed by atoms with Crippen LogP contribution in [0.15, 0.2) is 42.1 Å². The summed E-state index contributed by atoms with van der Waals surface area (Å²) in [6.07, 6.45) is 13.3. The number of nitriles is 1. The van der Waals surface area contributed by atoms with Crippen molar-refractivity contribution in [1.29, 1.82) is 5.26 Å². The molecular weight excluding hydrogens is 474 g/mol. The first-order valence-corrected chi connectivity index (χ1v) is 14.1. The summed E-state index contributed by atoms with van der Waals surface area (Å²) in [5.41, 5.74) is 8.57. The van der Waals surface area contributed by atoms with Gasteiger partial charge in [-0.2, -0.15) is 10.2 Å². The van der Waals surface area contributed by atoms with Crippen molar-refractivity contribution in [2.45, 2.75) is 77.8 Å². The molecule has 1 aromatic carbocycles. The second kappa shape index (κ2) is 16.0. The molecule has 0 saturated heterocycles. The number of rotatable bonds is 15. The largest absolute Gasteiger partial charge is 0.508 e. The molecule has 0 spiro atoms. The number of hydrogen-bond acceptors (Lipinski definition) is 8. The van der Waals surface area contributed by atoms with Gasteiger partial charge in [0.05, 0.1) is 6.20 Å². The molecule has 0 radical (unpaired) electrons. The van der Waals surface area contributed by atoms with Crippen molar-refractivity contribution >= 4 is 11.8 Å². The number of hydrogen-bond donors (Lipinski definition) is 5. The van der Waals surface area contributed by atoms with Crippen molar-refractivity contribution in [1.82, 2.24) is 15.3 Å². The molecule has 8 nitrogen and oxygen atoms in total. The van der Waals surface area contributed by atoms with Crippen molar-refractivity contribution < 1.29 is 5.11 Å². The molecule has 1 aliphatic carbocycles. The zero-order chi connectivity index (χ0) is 27.2. The van der Waals surface area contributed by atoms with Crippen LogP contribution in [-0.4, -0.2) is 40.8 Å². The van der Waals surface area contributed by atoms with Gasteiger partial charge in [0.2, 0.25) is 5.95 Å². The Balaban J connectivity index is 1.46. The zero-order valence-electron chi connectivity index (χ0n) is 23.0. The Morgan fingerprint density at radius 1 is 1.21 bits per heavy atom. The SMILES string of the molecule is CCCC(CCCNCC1CCC(N)CC1)/C(C)=C/CNc1nc(NCc2ccccc2O)ncc1C#N. The van der Waals surface area contributed by atoms with Crippen LogP contribution in [0.4, 0.5) is 11.8 Å². The van der Waals surface area contributed by atoms with Crippen LogP contribution in [0.3, 0.4) is 0 Å². The maximum Gasteiger partial charge on any atom is 0.224 e. The van der Waals surface area contributed by atoms with Gasteiger partial charge < -0.3 is 26.8 Å². The van der Waals surface area contributed by atoms with Gasteiger partial charge in [-0.15, -0.1) is 0 Å². The molecule has 1 heterocycles. The molecule has 38 heavy (non-hydrogen) atoms. The van der Waals surface area contributed by atoms with Gasteiger partial charge in [0, 0.05) is 24.7 Å². The van der Waals surface area contributed by atoms with Gasteiger partial charge in [-0.3, -0.25) is 0 Å². The molecule has 0 aliphatic heterocycles. The van der Waals surface area contributed by atoms with Crippen LogP contribution in [-0.2, 0) is 6.54 Å². The summed E-state index contributed by atoms with van der Waals surface area (Å²) >= 11 is 0. The monoisotopic (exact) mass is 519 g/mol. The van der Waals surface area contributed by atoms with Crippen LogP contribution in [0.25, 0.3) is 0 Å². The lowest BCUT2D eigenvalue weighted by atomic mass is 9.86. The summed E-state index contributed by atoms with van der Waals surface area (Å²) in [4.78, 5) is 8.74. The minimum Gasteiger partial charge on any atom is -0.508 e. The molecule has 1 fully saturated rings.